The molecule has 0 fully saturated rings. The molecule has 3 aromatic heterocycles. The van der Waals surface area contributed by atoms with Gasteiger partial charge in [0.1, 0.15) is 17.0 Å². The van der Waals surface area contributed by atoms with Crippen LogP contribution in [-0.4, -0.2) is 26.3 Å². The van der Waals surface area contributed by atoms with Crippen molar-refractivity contribution in [3.63, 3.8) is 0 Å². The predicted molar refractivity (Wildman–Crippen MR) is 86.7 cm³/mol. The zero-order valence-corrected chi connectivity index (χ0v) is 13.4. The van der Waals surface area contributed by atoms with E-state index in [4.69, 9.17) is 0 Å². The van der Waals surface area contributed by atoms with Gasteiger partial charge in [-0.3, -0.25) is 4.68 Å². The van der Waals surface area contributed by atoms with Crippen LogP contribution in [0.4, 0.5) is 5.82 Å². The number of fused-ring (bicyclic) bond motifs is 1. The molecule has 0 N–H and O–H groups in total. The Morgan fingerprint density at radius 3 is 2.81 bits per heavy atom. The van der Waals surface area contributed by atoms with Crippen molar-refractivity contribution in [2.75, 3.05) is 11.4 Å². The van der Waals surface area contributed by atoms with E-state index in [0.29, 0.717) is 0 Å². The van der Waals surface area contributed by atoms with E-state index in [1.165, 1.54) is 10.4 Å². The second-order valence-electron chi connectivity index (χ2n) is 5.02. The van der Waals surface area contributed by atoms with Crippen LogP contribution in [0.3, 0.4) is 0 Å². The smallest absolute Gasteiger partial charge is 0.141 e. The molecule has 3 heterocycles. The molecule has 0 aliphatic carbocycles. The van der Waals surface area contributed by atoms with E-state index in [9.17, 15) is 0 Å². The van der Waals surface area contributed by atoms with Crippen LogP contribution in [0.5, 0.6) is 0 Å². The molecular weight excluding hydrogens is 282 g/mol. The van der Waals surface area contributed by atoms with Gasteiger partial charge in [0.15, 0.2) is 0 Å². The molecule has 0 bridgehead atoms. The van der Waals surface area contributed by atoms with E-state index in [2.05, 4.69) is 39.9 Å². The SMILES string of the molecule is CCc1cc2c(N(CC)Cc3cnn(C)c3)ncnc2s1. The Bertz CT molecular complexity index is 745. The van der Waals surface area contributed by atoms with Crippen LogP contribution >= 0.6 is 11.3 Å². The highest BCUT2D eigenvalue weighted by atomic mass is 32.1. The average molecular weight is 301 g/mol. The van der Waals surface area contributed by atoms with Gasteiger partial charge in [-0.05, 0) is 19.4 Å². The summed E-state index contributed by atoms with van der Waals surface area (Å²) >= 11 is 1.76. The largest absolute Gasteiger partial charge is 0.352 e. The molecule has 3 rings (SSSR count). The fraction of sp³-hybridized carbons (Fsp3) is 0.400. The number of nitrogens with zero attached hydrogens (tertiary/aromatic N) is 5. The Labute approximate surface area is 128 Å². The number of hydrogen-bond donors (Lipinski definition) is 0. The first-order valence-corrected chi connectivity index (χ1v) is 7.98. The monoisotopic (exact) mass is 301 g/mol. The van der Waals surface area contributed by atoms with Gasteiger partial charge in [-0.2, -0.15) is 5.10 Å². The lowest BCUT2D eigenvalue weighted by Crippen LogP contribution is -2.23. The molecule has 3 aromatic rings. The lowest BCUT2D eigenvalue weighted by atomic mass is 10.2. The second kappa shape index (κ2) is 5.81. The van der Waals surface area contributed by atoms with E-state index >= 15 is 0 Å². The zero-order chi connectivity index (χ0) is 14.8. The summed E-state index contributed by atoms with van der Waals surface area (Å²) in [4.78, 5) is 13.6. The lowest BCUT2D eigenvalue weighted by Gasteiger charge is -2.21. The first-order chi connectivity index (χ1) is 10.2. The molecule has 0 unspecified atom stereocenters. The van der Waals surface area contributed by atoms with Crippen LogP contribution in [0, 0.1) is 0 Å². The van der Waals surface area contributed by atoms with E-state index in [1.54, 1.807) is 17.7 Å². The summed E-state index contributed by atoms with van der Waals surface area (Å²) in [6, 6.07) is 2.22. The zero-order valence-electron chi connectivity index (χ0n) is 12.6. The minimum Gasteiger partial charge on any atom is -0.352 e. The fourth-order valence-electron chi connectivity index (χ4n) is 2.43. The van der Waals surface area contributed by atoms with Crippen molar-refractivity contribution in [1.82, 2.24) is 19.7 Å². The molecule has 0 atom stereocenters. The van der Waals surface area contributed by atoms with Gasteiger partial charge in [0.05, 0.1) is 11.6 Å². The third kappa shape index (κ3) is 2.76. The number of aromatic nitrogens is 4. The third-order valence-electron chi connectivity index (χ3n) is 3.52. The van der Waals surface area contributed by atoms with Crippen LogP contribution in [0.15, 0.2) is 24.8 Å². The molecule has 0 radical (unpaired) electrons. The maximum Gasteiger partial charge on any atom is 0.141 e. The van der Waals surface area contributed by atoms with Crippen LogP contribution in [-0.2, 0) is 20.0 Å². The molecule has 0 spiro atoms. The number of hydrogen-bond acceptors (Lipinski definition) is 5. The molecule has 0 aliphatic rings. The van der Waals surface area contributed by atoms with Gasteiger partial charge in [-0.15, -0.1) is 11.3 Å². The Morgan fingerprint density at radius 1 is 1.29 bits per heavy atom. The second-order valence-corrected chi connectivity index (χ2v) is 6.13. The summed E-state index contributed by atoms with van der Waals surface area (Å²) < 4.78 is 1.83. The molecule has 0 saturated heterocycles. The first kappa shape index (κ1) is 14.0. The highest BCUT2D eigenvalue weighted by Gasteiger charge is 2.14. The van der Waals surface area contributed by atoms with Gasteiger partial charge in [0, 0.05) is 36.8 Å². The van der Waals surface area contributed by atoms with E-state index in [0.717, 1.165) is 35.5 Å². The number of aryl methyl sites for hydroxylation is 2. The summed E-state index contributed by atoms with van der Waals surface area (Å²) in [6.45, 7) is 6.04. The molecule has 0 aromatic carbocycles. The van der Waals surface area contributed by atoms with Crippen molar-refractivity contribution in [2.24, 2.45) is 7.05 Å². The molecule has 6 heteroatoms. The molecule has 21 heavy (non-hydrogen) atoms. The van der Waals surface area contributed by atoms with Crippen molar-refractivity contribution in [3.05, 3.63) is 35.2 Å². The van der Waals surface area contributed by atoms with E-state index in [-0.39, 0.29) is 0 Å². The normalized spacial score (nSPS) is 11.2. The van der Waals surface area contributed by atoms with Crippen molar-refractivity contribution in [3.8, 4) is 0 Å². The highest BCUT2D eigenvalue weighted by molar-refractivity contribution is 7.18. The standard InChI is InChI=1S/C15H19N5S/c1-4-12-6-13-14(16-10-17-15(13)21-12)20(5-2)9-11-7-18-19(3)8-11/h6-8,10H,4-5,9H2,1-3H3. The third-order valence-corrected chi connectivity index (χ3v) is 4.71. The molecule has 0 saturated carbocycles. The highest BCUT2D eigenvalue weighted by Crippen LogP contribution is 2.31. The minimum atomic E-state index is 0.813. The summed E-state index contributed by atoms with van der Waals surface area (Å²) in [6.07, 6.45) is 6.66. The Balaban J connectivity index is 1.98. The molecule has 110 valence electrons. The topological polar surface area (TPSA) is 46.8 Å². The minimum absolute atomic E-state index is 0.813. The Kier molecular flexibility index (Phi) is 3.88. The van der Waals surface area contributed by atoms with Gasteiger partial charge < -0.3 is 4.90 Å². The maximum absolute atomic E-state index is 4.52. The summed E-state index contributed by atoms with van der Waals surface area (Å²) in [5.74, 6) is 1.02. The van der Waals surface area contributed by atoms with Gasteiger partial charge in [-0.25, -0.2) is 9.97 Å². The Hall–Kier alpha value is -1.95. The van der Waals surface area contributed by atoms with Crippen LogP contribution in [0.25, 0.3) is 10.2 Å². The van der Waals surface area contributed by atoms with Crippen molar-refractivity contribution < 1.29 is 0 Å². The molecule has 0 aliphatic heterocycles. The van der Waals surface area contributed by atoms with Gasteiger partial charge >= 0.3 is 0 Å². The van der Waals surface area contributed by atoms with Crippen LogP contribution in [0.1, 0.15) is 24.3 Å². The van der Waals surface area contributed by atoms with Crippen molar-refractivity contribution in [1.29, 1.82) is 0 Å². The molecular formula is C15H19N5S. The van der Waals surface area contributed by atoms with Gasteiger partial charge in [0.2, 0.25) is 0 Å². The first-order valence-electron chi connectivity index (χ1n) is 7.17. The summed E-state index contributed by atoms with van der Waals surface area (Å²) in [5.41, 5.74) is 1.19. The van der Waals surface area contributed by atoms with E-state index in [1.807, 2.05) is 24.1 Å². The van der Waals surface area contributed by atoms with Crippen LogP contribution in [0.2, 0.25) is 0 Å². The quantitative estimate of drug-likeness (QED) is 0.727. The lowest BCUT2D eigenvalue weighted by molar-refractivity contribution is 0.764. The summed E-state index contributed by atoms with van der Waals surface area (Å²) in [7, 11) is 1.94. The fourth-order valence-corrected chi connectivity index (χ4v) is 3.36. The van der Waals surface area contributed by atoms with Gasteiger partial charge in [0.25, 0.3) is 0 Å². The number of anilines is 1. The number of thiophene rings is 1. The molecule has 0 amide bonds. The number of rotatable bonds is 5. The summed E-state index contributed by atoms with van der Waals surface area (Å²) in [5, 5.41) is 5.39. The van der Waals surface area contributed by atoms with Crippen LogP contribution < -0.4 is 4.90 Å². The molecule has 5 nitrogen and oxygen atoms in total. The maximum atomic E-state index is 4.52. The van der Waals surface area contributed by atoms with Gasteiger partial charge in [-0.1, -0.05) is 6.92 Å². The van der Waals surface area contributed by atoms with Crippen molar-refractivity contribution in [2.45, 2.75) is 26.8 Å². The van der Waals surface area contributed by atoms with E-state index < -0.39 is 0 Å². The van der Waals surface area contributed by atoms with Crippen molar-refractivity contribution >= 4 is 27.4 Å². The predicted octanol–water partition coefficient (Wildman–Crippen LogP) is 3.01. The Morgan fingerprint density at radius 2 is 2.14 bits per heavy atom. The average Bonchev–Trinajstić information content (AvgIpc) is 3.10.